The first-order chi connectivity index (χ1) is 14.2. The molecule has 0 N–H and O–H groups in total. The summed E-state index contributed by atoms with van der Waals surface area (Å²) in [7, 11) is 0. The van der Waals surface area contributed by atoms with Gasteiger partial charge in [0.15, 0.2) is 5.82 Å². The average Bonchev–Trinajstić information content (AvgIpc) is 3.24. The molecule has 4 nitrogen and oxygen atoms in total. The fourth-order valence-corrected chi connectivity index (χ4v) is 3.43. The van der Waals surface area contributed by atoms with Crippen LogP contribution in [0.1, 0.15) is 44.9 Å². The van der Waals surface area contributed by atoms with Gasteiger partial charge in [-0.1, -0.05) is 76.3 Å². The van der Waals surface area contributed by atoms with E-state index >= 15 is 0 Å². The van der Waals surface area contributed by atoms with Crippen LogP contribution in [0.5, 0.6) is 0 Å². The molecule has 150 valence electrons. The highest BCUT2D eigenvalue weighted by Gasteiger charge is 2.16. The Morgan fingerprint density at radius 3 is 2.48 bits per heavy atom. The van der Waals surface area contributed by atoms with Crippen LogP contribution in [0, 0.1) is 0 Å². The van der Waals surface area contributed by atoms with E-state index < -0.39 is 0 Å². The minimum atomic E-state index is 0.724. The van der Waals surface area contributed by atoms with Crippen LogP contribution < -0.4 is 0 Å². The molecule has 0 spiro atoms. The van der Waals surface area contributed by atoms with Crippen LogP contribution in [0.15, 0.2) is 66.9 Å². The minimum absolute atomic E-state index is 0.724. The van der Waals surface area contributed by atoms with E-state index in [-0.39, 0.29) is 0 Å². The lowest BCUT2D eigenvalue weighted by Gasteiger charge is -2.12. The molecule has 0 saturated carbocycles. The molecule has 2 heterocycles. The van der Waals surface area contributed by atoms with Crippen molar-refractivity contribution in [3.05, 3.63) is 78.2 Å². The van der Waals surface area contributed by atoms with Crippen molar-refractivity contribution in [1.82, 2.24) is 19.7 Å². The lowest BCUT2D eigenvalue weighted by molar-refractivity contribution is 0.684. The van der Waals surface area contributed by atoms with Crippen LogP contribution in [0.3, 0.4) is 0 Å². The largest absolute Gasteiger partial charge is 0.268 e. The van der Waals surface area contributed by atoms with E-state index in [1.165, 1.54) is 11.1 Å². The zero-order chi connectivity index (χ0) is 20.6. The van der Waals surface area contributed by atoms with E-state index in [0.717, 1.165) is 60.7 Å². The van der Waals surface area contributed by atoms with Gasteiger partial charge in [0.2, 0.25) is 0 Å². The maximum absolute atomic E-state index is 4.93. The van der Waals surface area contributed by atoms with Gasteiger partial charge in [0, 0.05) is 23.0 Å². The fourth-order valence-electron chi connectivity index (χ4n) is 3.43. The van der Waals surface area contributed by atoms with Crippen LogP contribution in [0.2, 0.25) is 0 Å². The normalized spacial score (nSPS) is 11.6. The van der Waals surface area contributed by atoms with Gasteiger partial charge in [-0.15, -0.1) is 0 Å². The fraction of sp³-hybridized carbons (Fsp3) is 0.320. The molecule has 29 heavy (non-hydrogen) atoms. The molecule has 0 aliphatic carbocycles. The molecule has 0 bridgehead atoms. The second-order valence-electron chi connectivity index (χ2n) is 7.06. The molecule has 0 saturated heterocycles. The number of unbranched alkanes of at least 4 members (excludes halogenated alkanes) is 1. The molecule has 2 aromatic heterocycles. The molecule has 0 atom stereocenters. The Labute approximate surface area is 174 Å². The molecule has 4 heteroatoms. The van der Waals surface area contributed by atoms with Crippen molar-refractivity contribution in [2.45, 2.75) is 53.0 Å². The zero-order valence-corrected chi connectivity index (χ0v) is 17.7. The summed E-state index contributed by atoms with van der Waals surface area (Å²) in [4.78, 5) is 9.79. The second kappa shape index (κ2) is 9.97. The standard InChI is InChI=1S/C25H30N4/c1-5-9-13-19(6-2)18-29-17-16-23(28-29)24-21(7-3)22(8-4)26-25(27-24)20-14-11-10-12-15-20/h6,10-17H,2,5,7-9,18H2,1,3-4H3/b19-13+. The molecular weight excluding hydrogens is 356 g/mol. The third kappa shape index (κ3) is 4.89. The van der Waals surface area contributed by atoms with E-state index in [4.69, 9.17) is 15.1 Å². The van der Waals surface area contributed by atoms with Crippen LogP contribution in [-0.4, -0.2) is 19.7 Å². The number of rotatable bonds is 9. The molecule has 0 fully saturated rings. The first kappa shape index (κ1) is 20.7. The lowest BCUT2D eigenvalue weighted by Crippen LogP contribution is -2.06. The zero-order valence-electron chi connectivity index (χ0n) is 17.7. The summed E-state index contributed by atoms with van der Waals surface area (Å²) in [6.07, 6.45) is 10.1. The third-order valence-electron chi connectivity index (χ3n) is 5.00. The molecule has 0 amide bonds. The molecule has 3 aromatic rings. The summed E-state index contributed by atoms with van der Waals surface area (Å²) in [5.41, 5.74) is 6.34. The van der Waals surface area contributed by atoms with Gasteiger partial charge < -0.3 is 0 Å². The van der Waals surface area contributed by atoms with E-state index in [2.05, 4.69) is 51.6 Å². The maximum Gasteiger partial charge on any atom is 0.160 e. The summed E-state index contributed by atoms with van der Waals surface area (Å²) in [5, 5.41) is 4.83. The summed E-state index contributed by atoms with van der Waals surface area (Å²) < 4.78 is 1.97. The smallest absolute Gasteiger partial charge is 0.160 e. The first-order valence-corrected chi connectivity index (χ1v) is 10.5. The summed E-state index contributed by atoms with van der Waals surface area (Å²) >= 11 is 0. The molecule has 3 rings (SSSR count). The first-order valence-electron chi connectivity index (χ1n) is 10.5. The monoisotopic (exact) mass is 386 g/mol. The molecule has 0 radical (unpaired) electrons. The number of aryl methyl sites for hydroxylation is 1. The van der Waals surface area contributed by atoms with E-state index in [1.807, 2.05) is 35.2 Å². The average molecular weight is 387 g/mol. The molecule has 0 aliphatic rings. The number of hydrogen-bond acceptors (Lipinski definition) is 3. The van der Waals surface area contributed by atoms with Crippen molar-refractivity contribution in [2.24, 2.45) is 0 Å². The van der Waals surface area contributed by atoms with E-state index in [9.17, 15) is 0 Å². The van der Waals surface area contributed by atoms with Crippen molar-refractivity contribution in [3.8, 4) is 22.8 Å². The van der Waals surface area contributed by atoms with Gasteiger partial charge >= 0.3 is 0 Å². The number of allylic oxidation sites excluding steroid dienone is 3. The number of benzene rings is 1. The highest BCUT2D eigenvalue weighted by molar-refractivity contribution is 5.65. The van der Waals surface area contributed by atoms with Gasteiger partial charge in [0.05, 0.1) is 12.2 Å². The lowest BCUT2D eigenvalue weighted by atomic mass is 10.0. The number of nitrogens with zero attached hydrogens (tertiary/aromatic N) is 4. The Balaban J connectivity index is 2.01. The highest BCUT2D eigenvalue weighted by atomic mass is 15.3. The van der Waals surface area contributed by atoms with Gasteiger partial charge in [-0.2, -0.15) is 5.10 Å². The maximum atomic E-state index is 4.93. The van der Waals surface area contributed by atoms with Crippen molar-refractivity contribution in [3.63, 3.8) is 0 Å². The number of aromatic nitrogens is 4. The van der Waals surface area contributed by atoms with Crippen LogP contribution in [0.4, 0.5) is 0 Å². The third-order valence-corrected chi connectivity index (χ3v) is 5.00. The predicted molar refractivity (Wildman–Crippen MR) is 121 cm³/mol. The SMILES string of the molecule is C=C/C(=C\CCC)Cn1ccc(-c2nc(-c3ccccc3)nc(CC)c2CC)n1. The van der Waals surface area contributed by atoms with Gasteiger partial charge in [0.1, 0.15) is 5.69 Å². The van der Waals surface area contributed by atoms with Crippen molar-refractivity contribution >= 4 is 0 Å². The van der Waals surface area contributed by atoms with E-state index in [0.29, 0.717) is 0 Å². The van der Waals surface area contributed by atoms with Gasteiger partial charge in [-0.3, -0.25) is 4.68 Å². The topological polar surface area (TPSA) is 43.6 Å². The Kier molecular flexibility index (Phi) is 7.12. The van der Waals surface area contributed by atoms with Gasteiger partial charge in [-0.25, -0.2) is 9.97 Å². The predicted octanol–water partition coefficient (Wildman–Crippen LogP) is 6.04. The Hall–Kier alpha value is -3.01. The molecule has 1 aromatic carbocycles. The summed E-state index contributed by atoms with van der Waals surface area (Å²) in [6, 6.07) is 12.2. The van der Waals surface area contributed by atoms with Crippen LogP contribution >= 0.6 is 0 Å². The highest BCUT2D eigenvalue weighted by Crippen LogP contribution is 2.27. The van der Waals surface area contributed by atoms with E-state index in [1.54, 1.807) is 0 Å². The Morgan fingerprint density at radius 1 is 1.03 bits per heavy atom. The van der Waals surface area contributed by atoms with Crippen LogP contribution in [-0.2, 0) is 19.4 Å². The van der Waals surface area contributed by atoms with Gasteiger partial charge in [0.25, 0.3) is 0 Å². The Bertz CT molecular complexity index is 983. The van der Waals surface area contributed by atoms with Crippen LogP contribution in [0.25, 0.3) is 22.8 Å². The quantitative estimate of drug-likeness (QED) is 0.421. The second-order valence-corrected chi connectivity index (χ2v) is 7.06. The van der Waals surface area contributed by atoms with Crippen molar-refractivity contribution in [1.29, 1.82) is 0 Å². The molecular formula is C25H30N4. The van der Waals surface area contributed by atoms with Gasteiger partial charge in [-0.05, 0) is 30.9 Å². The Morgan fingerprint density at radius 2 is 1.83 bits per heavy atom. The minimum Gasteiger partial charge on any atom is -0.268 e. The summed E-state index contributed by atoms with van der Waals surface area (Å²) in [6.45, 7) is 11.1. The van der Waals surface area contributed by atoms with Crippen molar-refractivity contribution < 1.29 is 0 Å². The summed E-state index contributed by atoms with van der Waals surface area (Å²) in [5.74, 6) is 0.763. The molecule has 0 aliphatic heterocycles. The number of hydrogen-bond donors (Lipinski definition) is 0. The van der Waals surface area contributed by atoms with Crippen molar-refractivity contribution in [2.75, 3.05) is 0 Å². The molecule has 0 unspecified atom stereocenters.